The van der Waals surface area contributed by atoms with Gasteiger partial charge >= 0.3 is 0 Å². The van der Waals surface area contributed by atoms with Gasteiger partial charge in [-0.05, 0) is 38.4 Å². The molecule has 0 radical (unpaired) electrons. The minimum atomic E-state index is -0.355. The van der Waals surface area contributed by atoms with E-state index in [0.29, 0.717) is 23.9 Å². The van der Waals surface area contributed by atoms with E-state index in [4.69, 9.17) is 9.97 Å². The van der Waals surface area contributed by atoms with Crippen LogP contribution in [0.15, 0.2) is 60.9 Å². The highest BCUT2D eigenvalue weighted by Crippen LogP contribution is 2.36. The second-order valence-corrected chi connectivity index (χ2v) is 10.6. The quantitative estimate of drug-likeness (QED) is 0.115. The summed E-state index contributed by atoms with van der Waals surface area (Å²) in [6.07, 6.45) is 3.91. The van der Waals surface area contributed by atoms with Gasteiger partial charge in [0.05, 0.1) is 10.6 Å². The van der Waals surface area contributed by atoms with Crippen molar-refractivity contribution in [1.82, 2.24) is 23.8 Å². The standard InChI is InChI=1S/C25H25IN8O2S/c1-31(2)12-13-32(3)21-9-8-16(14-22(21)34(35)36)28-25-29-23(18-10-11-33(37-26)24(18)30-25)19-15-27-20-7-5-4-6-17(19)20/h4-11,14-15,27H,12-13H2,1-3H3,(H,28,29,30). The predicted molar refractivity (Wildman–Crippen MR) is 160 cm³/mol. The van der Waals surface area contributed by atoms with E-state index in [0.717, 1.165) is 39.7 Å². The number of hydrogen-bond donors (Lipinski definition) is 2. The molecule has 0 bridgehead atoms. The molecule has 0 saturated carbocycles. The third kappa shape index (κ3) is 5.08. The Morgan fingerprint density at radius 1 is 1.11 bits per heavy atom. The Morgan fingerprint density at radius 3 is 2.68 bits per heavy atom. The Morgan fingerprint density at radius 2 is 1.92 bits per heavy atom. The molecule has 5 aromatic rings. The maximum absolute atomic E-state index is 11.9. The number of nitrogens with zero attached hydrogens (tertiary/aromatic N) is 6. The molecule has 0 spiro atoms. The Kier molecular flexibility index (Phi) is 7.22. The predicted octanol–water partition coefficient (Wildman–Crippen LogP) is 6.08. The first-order chi connectivity index (χ1) is 17.9. The van der Waals surface area contributed by atoms with Gasteiger partial charge in [-0.3, -0.25) is 14.1 Å². The lowest BCUT2D eigenvalue weighted by Gasteiger charge is -2.21. The highest BCUT2D eigenvalue weighted by atomic mass is 127. The number of hydrogen-bond acceptors (Lipinski definition) is 8. The minimum Gasteiger partial charge on any atom is -0.368 e. The largest absolute Gasteiger partial charge is 0.368 e. The summed E-state index contributed by atoms with van der Waals surface area (Å²) >= 11 is 2.21. The molecule has 5 rings (SSSR count). The second kappa shape index (κ2) is 10.6. The van der Waals surface area contributed by atoms with E-state index in [1.807, 2.05) is 77.6 Å². The van der Waals surface area contributed by atoms with Crippen LogP contribution < -0.4 is 10.2 Å². The zero-order valence-corrected chi connectivity index (χ0v) is 23.4. The van der Waals surface area contributed by atoms with Gasteiger partial charge in [-0.1, -0.05) is 18.2 Å². The van der Waals surface area contributed by atoms with Gasteiger partial charge in [0.1, 0.15) is 5.69 Å². The SMILES string of the molecule is CN(C)CCN(C)c1ccc(Nc2nc(-c3c[nH]c4ccccc34)c3ccn(SI)c3n2)cc1[N+](=O)[O-]. The summed E-state index contributed by atoms with van der Waals surface area (Å²) < 4.78 is 1.96. The van der Waals surface area contributed by atoms with E-state index in [1.165, 1.54) is 15.2 Å². The number of nitro benzene ring substituents is 1. The van der Waals surface area contributed by atoms with Crippen LogP contribution in [0.4, 0.5) is 23.0 Å². The summed E-state index contributed by atoms with van der Waals surface area (Å²) in [5.74, 6) is 0.362. The minimum absolute atomic E-state index is 0.0235. The highest BCUT2D eigenvalue weighted by molar-refractivity contribution is 14.2. The normalized spacial score (nSPS) is 11.5. The van der Waals surface area contributed by atoms with Crippen LogP contribution in [0.2, 0.25) is 0 Å². The summed E-state index contributed by atoms with van der Waals surface area (Å²) in [5.41, 5.74) is 4.65. The van der Waals surface area contributed by atoms with Crippen LogP contribution in [0, 0.1) is 10.1 Å². The van der Waals surface area contributed by atoms with E-state index in [9.17, 15) is 10.1 Å². The molecule has 0 saturated heterocycles. The molecule has 0 aliphatic rings. The van der Waals surface area contributed by atoms with Crippen molar-refractivity contribution in [2.24, 2.45) is 0 Å². The first-order valence-corrected chi connectivity index (χ1v) is 14.8. The van der Waals surface area contributed by atoms with Crippen molar-refractivity contribution in [1.29, 1.82) is 0 Å². The van der Waals surface area contributed by atoms with Crippen LogP contribution in [0.5, 0.6) is 0 Å². The molecule has 2 aromatic carbocycles. The van der Waals surface area contributed by atoms with E-state index in [2.05, 4.69) is 37.6 Å². The Hall–Kier alpha value is -3.36. The van der Waals surface area contributed by atoms with Crippen LogP contribution in [-0.4, -0.2) is 63.0 Å². The number of halogens is 1. The number of anilines is 3. The number of aromatic nitrogens is 4. The third-order valence-electron chi connectivity index (χ3n) is 6.15. The smallest absolute Gasteiger partial charge is 0.294 e. The number of nitro groups is 1. The van der Waals surface area contributed by atoms with Crippen molar-refractivity contribution >= 4 is 75.3 Å². The first kappa shape index (κ1) is 25.3. The van der Waals surface area contributed by atoms with Gasteiger partial charge in [0.2, 0.25) is 5.95 Å². The van der Waals surface area contributed by atoms with Gasteiger partial charge in [-0.25, -0.2) is 4.98 Å². The van der Waals surface area contributed by atoms with Crippen molar-refractivity contribution in [2.75, 3.05) is 44.4 Å². The lowest BCUT2D eigenvalue weighted by molar-refractivity contribution is -0.384. The number of fused-ring (bicyclic) bond motifs is 2. The molecule has 0 aliphatic carbocycles. The molecule has 190 valence electrons. The molecule has 0 fully saturated rings. The molecule has 37 heavy (non-hydrogen) atoms. The monoisotopic (exact) mass is 628 g/mol. The summed E-state index contributed by atoms with van der Waals surface area (Å²) in [6, 6.07) is 15.2. The van der Waals surface area contributed by atoms with Gasteiger partial charge in [0, 0.05) is 96.5 Å². The number of para-hydroxylation sites is 1. The van der Waals surface area contributed by atoms with Gasteiger partial charge in [0.15, 0.2) is 5.65 Å². The number of H-pyrrole nitrogens is 1. The molecule has 10 nitrogen and oxygen atoms in total. The molecule has 3 heterocycles. The maximum Gasteiger partial charge on any atom is 0.294 e. The molecular weight excluding hydrogens is 603 g/mol. The Balaban J connectivity index is 1.56. The van der Waals surface area contributed by atoms with Crippen LogP contribution in [-0.2, 0) is 0 Å². The van der Waals surface area contributed by atoms with Crippen LogP contribution in [0.3, 0.4) is 0 Å². The fourth-order valence-corrected chi connectivity index (χ4v) is 5.51. The molecule has 3 aromatic heterocycles. The number of likely N-dealkylation sites (N-methyl/N-ethyl adjacent to an activating group) is 2. The zero-order valence-electron chi connectivity index (χ0n) is 20.5. The van der Waals surface area contributed by atoms with E-state index >= 15 is 0 Å². The lowest BCUT2D eigenvalue weighted by Crippen LogP contribution is -2.28. The van der Waals surface area contributed by atoms with Crippen molar-refractivity contribution < 1.29 is 4.92 Å². The van der Waals surface area contributed by atoms with Crippen LogP contribution in [0.25, 0.3) is 33.2 Å². The average Bonchev–Trinajstić information content (AvgIpc) is 3.51. The summed E-state index contributed by atoms with van der Waals surface area (Å²) in [4.78, 5) is 28.4. The van der Waals surface area contributed by atoms with Gasteiger partial charge in [0.25, 0.3) is 5.69 Å². The Labute approximate surface area is 229 Å². The molecule has 0 aliphatic heterocycles. The van der Waals surface area contributed by atoms with Crippen molar-refractivity contribution in [3.63, 3.8) is 0 Å². The molecular formula is C25H25IN8O2S. The van der Waals surface area contributed by atoms with Gasteiger partial charge < -0.3 is 20.1 Å². The zero-order chi connectivity index (χ0) is 26.1. The van der Waals surface area contributed by atoms with E-state index in [-0.39, 0.29) is 10.6 Å². The summed E-state index contributed by atoms with van der Waals surface area (Å²) in [7, 11) is 7.32. The van der Waals surface area contributed by atoms with Crippen molar-refractivity contribution in [3.05, 3.63) is 71.0 Å². The fourth-order valence-electron chi connectivity index (χ4n) is 4.25. The lowest BCUT2D eigenvalue weighted by atomic mass is 10.1. The summed E-state index contributed by atoms with van der Waals surface area (Å²) in [6.45, 7) is 1.45. The molecule has 12 heteroatoms. The molecule has 0 amide bonds. The first-order valence-electron chi connectivity index (χ1n) is 11.5. The number of aromatic amines is 1. The van der Waals surface area contributed by atoms with Gasteiger partial charge in [-0.15, -0.1) is 0 Å². The van der Waals surface area contributed by atoms with Gasteiger partial charge in [-0.2, -0.15) is 4.98 Å². The Bertz CT molecular complexity index is 1600. The fraction of sp³-hybridized carbons (Fsp3) is 0.200. The van der Waals surface area contributed by atoms with Crippen LogP contribution in [0.1, 0.15) is 0 Å². The number of nitrogens with one attached hydrogen (secondary N) is 2. The number of rotatable bonds is 9. The third-order valence-corrected chi connectivity index (χ3v) is 7.87. The highest BCUT2D eigenvalue weighted by Gasteiger charge is 2.20. The number of benzene rings is 2. The molecule has 2 N–H and O–H groups in total. The molecule has 0 unspecified atom stereocenters. The average molecular weight is 628 g/mol. The maximum atomic E-state index is 11.9. The van der Waals surface area contributed by atoms with Crippen molar-refractivity contribution in [2.45, 2.75) is 0 Å². The van der Waals surface area contributed by atoms with E-state index in [1.54, 1.807) is 6.07 Å². The summed E-state index contributed by atoms with van der Waals surface area (Å²) in [5, 5.41) is 17.1. The second-order valence-electron chi connectivity index (χ2n) is 8.90. The van der Waals surface area contributed by atoms with Crippen LogP contribution >= 0.6 is 30.3 Å². The van der Waals surface area contributed by atoms with Crippen molar-refractivity contribution in [3.8, 4) is 11.3 Å². The topological polar surface area (TPSA) is 108 Å². The van der Waals surface area contributed by atoms with E-state index < -0.39 is 0 Å². The molecule has 0 atom stereocenters.